The number of hydrogen-bond donors (Lipinski definition) is 3. The number of amides is 2. The number of carbonyl (C=O) groups is 2. The normalized spacial score (nSPS) is 19.2. The number of aromatic nitrogens is 1. The molecule has 3 rings (SSSR count). The number of fused-ring (bicyclic) bond motifs is 1. The third-order valence-corrected chi connectivity index (χ3v) is 5.42. The summed E-state index contributed by atoms with van der Waals surface area (Å²) in [6, 6.07) is 8.74. The SMILES string of the molecule is N#CCNC(=O)[C@@H]1CCCC[C@@H]1NC(=O)c1cc2ccc(Cl)cc2n1CCO. The molecule has 28 heavy (non-hydrogen) atoms. The van der Waals surface area contributed by atoms with Gasteiger partial charge in [0.2, 0.25) is 5.91 Å². The van der Waals surface area contributed by atoms with Crippen LogP contribution in [-0.2, 0) is 11.3 Å². The number of halogens is 1. The van der Waals surface area contributed by atoms with Gasteiger partial charge in [-0.05, 0) is 31.0 Å². The largest absolute Gasteiger partial charge is 0.395 e. The van der Waals surface area contributed by atoms with Crippen molar-refractivity contribution in [1.29, 1.82) is 5.26 Å². The van der Waals surface area contributed by atoms with Crippen molar-refractivity contribution in [2.45, 2.75) is 38.3 Å². The Kier molecular flexibility index (Phi) is 6.55. The van der Waals surface area contributed by atoms with Gasteiger partial charge in [0, 0.05) is 23.0 Å². The average Bonchev–Trinajstić information content (AvgIpc) is 3.05. The highest BCUT2D eigenvalue weighted by atomic mass is 35.5. The van der Waals surface area contributed by atoms with Gasteiger partial charge in [-0.1, -0.05) is 30.5 Å². The standard InChI is InChI=1S/C20H23ClN4O3/c21-14-6-5-13-11-18(25(9-10-26)17(13)12-14)20(28)24-16-4-2-1-3-15(16)19(27)23-8-7-22/h5-6,11-12,15-16,26H,1-4,8-10H2,(H,23,27)(H,24,28)/t15-,16+/m1/s1. The molecular weight excluding hydrogens is 380 g/mol. The molecule has 0 radical (unpaired) electrons. The Morgan fingerprint density at radius 2 is 2.07 bits per heavy atom. The molecular formula is C20H23ClN4O3. The summed E-state index contributed by atoms with van der Waals surface area (Å²) in [6.07, 6.45) is 3.24. The number of nitrogens with one attached hydrogen (secondary N) is 2. The summed E-state index contributed by atoms with van der Waals surface area (Å²) in [5.74, 6) is -0.837. The minimum absolute atomic E-state index is 0.0402. The molecule has 0 unspecified atom stereocenters. The monoisotopic (exact) mass is 402 g/mol. The van der Waals surface area contributed by atoms with Crippen molar-refractivity contribution in [3.63, 3.8) is 0 Å². The molecule has 1 heterocycles. The summed E-state index contributed by atoms with van der Waals surface area (Å²) in [5.41, 5.74) is 1.20. The van der Waals surface area contributed by atoms with Gasteiger partial charge in [0.05, 0.1) is 24.1 Å². The van der Waals surface area contributed by atoms with Gasteiger partial charge in [-0.2, -0.15) is 5.26 Å². The first-order valence-electron chi connectivity index (χ1n) is 9.40. The lowest BCUT2D eigenvalue weighted by molar-refractivity contribution is -0.126. The van der Waals surface area contributed by atoms with E-state index in [0.717, 1.165) is 23.7 Å². The fourth-order valence-corrected chi connectivity index (χ4v) is 4.04. The number of aliphatic hydroxyl groups excluding tert-OH is 1. The van der Waals surface area contributed by atoms with Crippen LogP contribution in [0.1, 0.15) is 36.2 Å². The zero-order chi connectivity index (χ0) is 20.1. The second kappa shape index (κ2) is 9.09. The number of rotatable bonds is 6. The summed E-state index contributed by atoms with van der Waals surface area (Å²) in [5, 5.41) is 25.1. The first-order valence-corrected chi connectivity index (χ1v) is 9.78. The minimum Gasteiger partial charge on any atom is -0.395 e. The first kappa shape index (κ1) is 20.2. The van der Waals surface area contributed by atoms with Gasteiger partial charge < -0.3 is 20.3 Å². The molecule has 1 aliphatic rings. The fraction of sp³-hybridized carbons (Fsp3) is 0.450. The van der Waals surface area contributed by atoms with Crippen LogP contribution in [0.4, 0.5) is 0 Å². The van der Waals surface area contributed by atoms with Crippen LogP contribution in [0.5, 0.6) is 0 Å². The Balaban J connectivity index is 1.84. The lowest BCUT2D eigenvalue weighted by Gasteiger charge is -2.31. The molecule has 1 aliphatic carbocycles. The third-order valence-electron chi connectivity index (χ3n) is 5.18. The van der Waals surface area contributed by atoms with Gasteiger partial charge in [0.25, 0.3) is 5.91 Å². The van der Waals surface area contributed by atoms with E-state index in [0.29, 0.717) is 23.6 Å². The smallest absolute Gasteiger partial charge is 0.268 e. The van der Waals surface area contributed by atoms with Gasteiger partial charge in [-0.15, -0.1) is 0 Å². The third kappa shape index (κ3) is 4.29. The second-order valence-electron chi connectivity index (χ2n) is 6.95. The van der Waals surface area contributed by atoms with Crippen molar-refractivity contribution < 1.29 is 14.7 Å². The Morgan fingerprint density at radius 3 is 2.82 bits per heavy atom. The molecule has 0 spiro atoms. The van der Waals surface area contributed by atoms with Crippen LogP contribution in [0.2, 0.25) is 5.02 Å². The van der Waals surface area contributed by atoms with Gasteiger partial charge in [0.15, 0.2) is 0 Å². The lowest BCUT2D eigenvalue weighted by atomic mass is 9.83. The van der Waals surface area contributed by atoms with Crippen molar-refractivity contribution in [2.75, 3.05) is 13.2 Å². The topological polar surface area (TPSA) is 107 Å². The van der Waals surface area contributed by atoms with E-state index >= 15 is 0 Å². The number of aliphatic hydroxyl groups is 1. The van der Waals surface area contributed by atoms with Crippen LogP contribution in [0.25, 0.3) is 10.9 Å². The van der Waals surface area contributed by atoms with Crippen LogP contribution in [-0.4, -0.2) is 40.7 Å². The lowest BCUT2D eigenvalue weighted by Crippen LogP contribution is -2.48. The molecule has 2 atom stereocenters. The highest BCUT2D eigenvalue weighted by molar-refractivity contribution is 6.31. The molecule has 1 fully saturated rings. The van der Waals surface area contributed by atoms with E-state index in [9.17, 15) is 14.7 Å². The van der Waals surface area contributed by atoms with E-state index in [1.165, 1.54) is 0 Å². The zero-order valence-corrected chi connectivity index (χ0v) is 16.2. The predicted octanol–water partition coefficient (Wildman–Crippen LogP) is 2.22. The van der Waals surface area contributed by atoms with Crippen molar-refractivity contribution in [3.8, 4) is 6.07 Å². The zero-order valence-electron chi connectivity index (χ0n) is 15.4. The maximum absolute atomic E-state index is 13.0. The first-order chi connectivity index (χ1) is 13.5. The quantitative estimate of drug-likeness (QED) is 0.644. The molecule has 0 bridgehead atoms. The highest BCUT2D eigenvalue weighted by Gasteiger charge is 2.32. The van der Waals surface area contributed by atoms with Gasteiger partial charge >= 0.3 is 0 Å². The maximum Gasteiger partial charge on any atom is 0.268 e. The molecule has 2 amide bonds. The Labute approximate surface area is 168 Å². The molecule has 0 aliphatic heterocycles. The van der Waals surface area contributed by atoms with Gasteiger partial charge in [0.1, 0.15) is 12.2 Å². The van der Waals surface area contributed by atoms with Crippen LogP contribution < -0.4 is 10.6 Å². The van der Waals surface area contributed by atoms with E-state index in [1.807, 2.05) is 12.1 Å². The summed E-state index contributed by atoms with van der Waals surface area (Å²) in [6.45, 7) is 0.115. The van der Waals surface area contributed by atoms with E-state index in [2.05, 4.69) is 10.6 Å². The molecule has 8 heteroatoms. The average molecular weight is 403 g/mol. The molecule has 3 N–H and O–H groups in total. The molecule has 1 aromatic carbocycles. The van der Waals surface area contributed by atoms with Crippen LogP contribution in [0, 0.1) is 17.2 Å². The van der Waals surface area contributed by atoms with Crippen LogP contribution >= 0.6 is 11.6 Å². The van der Waals surface area contributed by atoms with Gasteiger partial charge in [-0.25, -0.2) is 0 Å². The number of nitriles is 1. The Morgan fingerprint density at radius 1 is 1.29 bits per heavy atom. The number of nitrogens with zero attached hydrogens (tertiary/aromatic N) is 2. The summed E-state index contributed by atoms with van der Waals surface area (Å²) in [4.78, 5) is 25.4. The van der Waals surface area contributed by atoms with E-state index in [4.69, 9.17) is 16.9 Å². The molecule has 7 nitrogen and oxygen atoms in total. The Hall–Kier alpha value is -2.56. The second-order valence-corrected chi connectivity index (χ2v) is 7.39. The van der Waals surface area contributed by atoms with Crippen LogP contribution in [0.15, 0.2) is 24.3 Å². The highest BCUT2D eigenvalue weighted by Crippen LogP contribution is 2.27. The molecule has 2 aromatic rings. The van der Waals surface area contributed by atoms with Crippen molar-refractivity contribution in [1.82, 2.24) is 15.2 Å². The van der Waals surface area contributed by atoms with Gasteiger partial charge in [-0.3, -0.25) is 9.59 Å². The van der Waals surface area contributed by atoms with E-state index in [1.54, 1.807) is 22.8 Å². The minimum atomic E-state index is -0.351. The predicted molar refractivity (Wildman–Crippen MR) is 106 cm³/mol. The summed E-state index contributed by atoms with van der Waals surface area (Å²) < 4.78 is 1.74. The molecule has 0 saturated heterocycles. The molecule has 1 saturated carbocycles. The maximum atomic E-state index is 13.0. The summed E-state index contributed by atoms with van der Waals surface area (Å²) in [7, 11) is 0. The molecule has 1 aromatic heterocycles. The van der Waals surface area contributed by atoms with E-state index in [-0.39, 0.29) is 43.5 Å². The van der Waals surface area contributed by atoms with Crippen LogP contribution in [0.3, 0.4) is 0 Å². The van der Waals surface area contributed by atoms with Crippen molar-refractivity contribution >= 4 is 34.3 Å². The summed E-state index contributed by atoms with van der Waals surface area (Å²) >= 11 is 6.09. The van der Waals surface area contributed by atoms with E-state index < -0.39 is 0 Å². The van der Waals surface area contributed by atoms with Crippen molar-refractivity contribution in [3.05, 3.63) is 35.0 Å². The Bertz CT molecular complexity index is 918. The molecule has 148 valence electrons. The number of carbonyl (C=O) groups excluding carboxylic acids is 2. The van der Waals surface area contributed by atoms with Crippen molar-refractivity contribution in [2.24, 2.45) is 5.92 Å². The fourth-order valence-electron chi connectivity index (χ4n) is 3.87. The number of hydrogen-bond acceptors (Lipinski definition) is 4. The number of benzene rings is 1.